The first-order chi connectivity index (χ1) is 15.2. The van der Waals surface area contributed by atoms with Gasteiger partial charge in [-0.2, -0.15) is 0 Å². The van der Waals surface area contributed by atoms with Crippen LogP contribution < -0.4 is 0 Å². The fraction of sp³-hybridized carbons (Fsp3) is 0.261. The van der Waals surface area contributed by atoms with Crippen LogP contribution in [0.2, 0.25) is 0 Å². The number of aryl methyl sites for hydroxylation is 1. The average Bonchev–Trinajstić information content (AvgIpc) is 3.51. The molecule has 156 valence electrons. The fourth-order valence-corrected chi connectivity index (χ4v) is 3.92. The maximum absolute atomic E-state index is 12.6. The Morgan fingerprint density at radius 2 is 2.00 bits per heavy atom. The summed E-state index contributed by atoms with van der Waals surface area (Å²) < 4.78 is 10.8. The smallest absolute Gasteiger partial charge is 0.289 e. The van der Waals surface area contributed by atoms with Crippen LogP contribution in [0.3, 0.4) is 0 Å². The second-order valence-corrected chi connectivity index (χ2v) is 7.58. The lowest BCUT2D eigenvalue weighted by atomic mass is 9.90. The van der Waals surface area contributed by atoms with Crippen molar-refractivity contribution in [2.24, 2.45) is 0 Å². The highest BCUT2D eigenvalue weighted by atomic mass is 16.5. The molecule has 0 saturated carbocycles. The Morgan fingerprint density at radius 3 is 2.68 bits per heavy atom. The summed E-state index contributed by atoms with van der Waals surface area (Å²) in [6.07, 6.45) is 6.60. The quantitative estimate of drug-likeness (QED) is 0.494. The highest BCUT2D eigenvalue weighted by molar-refractivity contribution is 5.91. The number of carbonyl (C=O) groups is 1. The summed E-state index contributed by atoms with van der Waals surface area (Å²) in [6, 6.07) is 11.0. The molecule has 5 heterocycles. The molecule has 8 heteroatoms. The minimum absolute atomic E-state index is 0.0774. The minimum atomic E-state index is -0.0774. The third-order valence-electron chi connectivity index (χ3n) is 5.51. The summed E-state index contributed by atoms with van der Waals surface area (Å²) in [5.41, 5.74) is 3.25. The van der Waals surface area contributed by atoms with Crippen molar-refractivity contribution in [1.29, 1.82) is 0 Å². The minimum Gasteiger partial charge on any atom is -0.459 e. The van der Waals surface area contributed by atoms with Crippen LogP contribution in [0.25, 0.3) is 22.8 Å². The number of amides is 1. The molecule has 0 aliphatic carbocycles. The van der Waals surface area contributed by atoms with E-state index in [1.54, 1.807) is 24.5 Å². The van der Waals surface area contributed by atoms with Crippen molar-refractivity contribution in [3.8, 4) is 22.8 Å². The van der Waals surface area contributed by atoms with Crippen LogP contribution in [0, 0.1) is 6.92 Å². The predicted octanol–water partition coefficient (Wildman–Crippen LogP) is 4.11. The molecular weight excluding hydrogens is 394 g/mol. The predicted molar refractivity (Wildman–Crippen MR) is 112 cm³/mol. The fourth-order valence-electron chi connectivity index (χ4n) is 3.92. The molecule has 1 aliphatic heterocycles. The van der Waals surface area contributed by atoms with Gasteiger partial charge in [-0.15, -0.1) is 0 Å². The number of piperidine rings is 1. The Morgan fingerprint density at radius 1 is 1.13 bits per heavy atom. The standard InChI is InChI=1S/C23H21N5O3/c1-15-13-20(31-27-15)17-14-25-22(18-5-2-3-9-24-18)26-21(17)16-7-10-28(11-8-16)23(29)19-6-4-12-30-19/h2-6,9,12-14,16H,7-8,10-11H2,1H3. The Bertz CT molecular complexity index is 1180. The summed E-state index contributed by atoms with van der Waals surface area (Å²) in [4.78, 5) is 28.2. The normalized spacial score (nSPS) is 14.7. The molecule has 4 aromatic rings. The lowest BCUT2D eigenvalue weighted by Crippen LogP contribution is -2.38. The molecule has 8 nitrogen and oxygen atoms in total. The Kier molecular flexibility index (Phi) is 5.03. The number of hydrogen-bond donors (Lipinski definition) is 0. The molecule has 5 rings (SSSR count). The third-order valence-corrected chi connectivity index (χ3v) is 5.51. The van der Waals surface area contributed by atoms with Gasteiger partial charge in [-0.1, -0.05) is 11.2 Å². The van der Waals surface area contributed by atoms with Crippen LogP contribution in [-0.2, 0) is 0 Å². The zero-order valence-electron chi connectivity index (χ0n) is 17.1. The molecule has 1 saturated heterocycles. The van der Waals surface area contributed by atoms with Gasteiger partial charge in [0, 0.05) is 37.5 Å². The molecule has 0 bridgehead atoms. The number of hydrogen-bond acceptors (Lipinski definition) is 7. The van der Waals surface area contributed by atoms with E-state index in [9.17, 15) is 4.79 Å². The van der Waals surface area contributed by atoms with Gasteiger partial charge in [-0.05, 0) is 44.0 Å². The van der Waals surface area contributed by atoms with Crippen molar-refractivity contribution in [3.63, 3.8) is 0 Å². The highest BCUT2D eigenvalue weighted by Crippen LogP contribution is 2.35. The van der Waals surface area contributed by atoms with Crippen LogP contribution in [0.15, 0.2) is 64.0 Å². The van der Waals surface area contributed by atoms with Gasteiger partial charge in [0.15, 0.2) is 17.3 Å². The van der Waals surface area contributed by atoms with Crippen molar-refractivity contribution in [1.82, 2.24) is 25.0 Å². The first kappa shape index (κ1) is 19.2. The molecule has 31 heavy (non-hydrogen) atoms. The third kappa shape index (κ3) is 3.84. The largest absolute Gasteiger partial charge is 0.459 e. The van der Waals surface area contributed by atoms with Crippen molar-refractivity contribution >= 4 is 5.91 Å². The van der Waals surface area contributed by atoms with Gasteiger partial charge in [-0.3, -0.25) is 9.78 Å². The molecule has 0 spiro atoms. The molecule has 0 atom stereocenters. The van der Waals surface area contributed by atoms with Crippen molar-refractivity contribution in [2.75, 3.05) is 13.1 Å². The van der Waals surface area contributed by atoms with Crippen LogP contribution in [0.1, 0.15) is 40.7 Å². The zero-order chi connectivity index (χ0) is 21.2. The van der Waals surface area contributed by atoms with E-state index in [0.717, 1.165) is 35.5 Å². The molecule has 4 aromatic heterocycles. The molecule has 1 amide bonds. The number of likely N-dealkylation sites (tertiary alicyclic amines) is 1. The van der Waals surface area contributed by atoms with Gasteiger partial charge < -0.3 is 13.8 Å². The lowest BCUT2D eigenvalue weighted by molar-refractivity contribution is 0.0680. The zero-order valence-corrected chi connectivity index (χ0v) is 17.1. The molecule has 0 unspecified atom stereocenters. The summed E-state index contributed by atoms with van der Waals surface area (Å²) in [5.74, 6) is 1.67. The van der Waals surface area contributed by atoms with E-state index in [1.807, 2.05) is 36.1 Å². The van der Waals surface area contributed by atoms with Crippen molar-refractivity contribution in [2.45, 2.75) is 25.7 Å². The van der Waals surface area contributed by atoms with Crippen LogP contribution in [0.4, 0.5) is 0 Å². The molecule has 1 fully saturated rings. The number of pyridine rings is 1. The van der Waals surface area contributed by atoms with E-state index < -0.39 is 0 Å². The molecule has 1 aliphatic rings. The molecule has 0 N–H and O–H groups in total. The number of nitrogens with zero attached hydrogens (tertiary/aromatic N) is 5. The van der Waals surface area contributed by atoms with Crippen LogP contribution in [-0.4, -0.2) is 44.0 Å². The number of aromatic nitrogens is 4. The number of furan rings is 1. The summed E-state index contributed by atoms with van der Waals surface area (Å²) in [5, 5.41) is 4.02. The summed E-state index contributed by atoms with van der Waals surface area (Å²) in [6.45, 7) is 3.14. The van der Waals surface area contributed by atoms with E-state index in [1.165, 1.54) is 6.26 Å². The van der Waals surface area contributed by atoms with E-state index >= 15 is 0 Å². The van der Waals surface area contributed by atoms with Crippen LogP contribution in [0.5, 0.6) is 0 Å². The number of carbonyl (C=O) groups excluding carboxylic acids is 1. The van der Waals surface area contributed by atoms with Crippen LogP contribution >= 0.6 is 0 Å². The van der Waals surface area contributed by atoms with E-state index in [0.29, 0.717) is 30.4 Å². The van der Waals surface area contributed by atoms with Gasteiger partial charge in [0.1, 0.15) is 5.69 Å². The molecule has 0 radical (unpaired) electrons. The van der Waals surface area contributed by atoms with Gasteiger partial charge >= 0.3 is 0 Å². The first-order valence-electron chi connectivity index (χ1n) is 10.2. The maximum Gasteiger partial charge on any atom is 0.289 e. The summed E-state index contributed by atoms with van der Waals surface area (Å²) >= 11 is 0. The Balaban J connectivity index is 1.45. The van der Waals surface area contributed by atoms with Gasteiger partial charge in [0.05, 0.1) is 23.2 Å². The second kappa shape index (κ2) is 8.14. The van der Waals surface area contributed by atoms with Crippen molar-refractivity contribution < 1.29 is 13.7 Å². The van der Waals surface area contributed by atoms with E-state index in [2.05, 4.69) is 15.1 Å². The second-order valence-electron chi connectivity index (χ2n) is 7.58. The van der Waals surface area contributed by atoms with Gasteiger partial charge in [-0.25, -0.2) is 9.97 Å². The van der Waals surface area contributed by atoms with Gasteiger partial charge in [0.25, 0.3) is 5.91 Å². The van der Waals surface area contributed by atoms with E-state index in [-0.39, 0.29) is 11.8 Å². The van der Waals surface area contributed by atoms with Gasteiger partial charge in [0.2, 0.25) is 0 Å². The Labute approximate surface area is 178 Å². The monoisotopic (exact) mass is 415 g/mol. The maximum atomic E-state index is 12.6. The van der Waals surface area contributed by atoms with E-state index in [4.69, 9.17) is 13.9 Å². The number of rotatable bonds is 4. The highest BCUT2D eigenvalue weighted by Gasteiger charge is 2.29. The SMILES string of the molecule is Cc1cc(-c2cnc(-c3ccccn3)nc2C2CCN(C(=O)c3ccco3)CC2)on1. The van der Waals surface area contributed by atoms with Crippen molar-refractivity contribution in [3.05, 3.63) is 72.2 Å². The first-order valence-corrected chi connectivity index (χ1v) is 10.2. The molecular formula is C23H21N5O3. The Hall–Kier alpha value is -3.81. The average molecular weight is 415 g/mol. The molecule has 0 aromatic carbocycles. The topological polar surface area (TPSA) is 98.2 Å². The lowest BCUT2D eigenvalue weighted by Gasteiger charge is -2.31. The summed E-state index contributed by atoms with van der Waals surface area (Å²) in [7, 11) is 0.